The number of carbonyl (C=O) groups is 1. The number of aryl methyl sites for hydroxylation is 2. The molecule has 1 aromatic heterocycles. The Morgan fingerprint density at radius 2 is 1.83 bits per heavy atom. The zero-order valence-corrected chi connectivity index (χ0v) is 13.1. The topological polar surface area (TPSA) is 46.9 Å². The first-order valence-corrected chi connectivity index (χ1v) is 7.66. The van der Waals surface area contributed by atoms with Gasteiger partial charge in [0.25, 0.3) is 0 Å². The molecule has 0 saturated carbocycles. The number of hydrogen-bond acceptors (Lipinski definition) is 2. The molecule has 0 atom stereocenters. The first-order chi connectivity index (χ1) is 11.2. The third-order valence-corrected chi connectivity index (χ3v) is 3.63. The Morgan fingerprint density at radius 1 is 1.09 bits per heavy atom. The molecule has 0 aliphatic carbocycles. The third-order valence-electron chi connectivity index (χ3n) is 3.63. The van der Waals surface area contributed by atoms with Crippen molar-refractivity contribution < 1.29 is 4.79 Å². The zero-order valence-electron chi connectivity index (χ0n) is 13.1. The van der Waals surface area contributed by atoms with Crippen molar-refractivity contribution in [3.8, 4) is 5.69 Å². The number of aromatic nitrogens is 2. The lowest BCUT2D eigenvalue weighted by Gasteiger charge is -2.04. The summed E-state index contributed by atoms with van der Waals surface area (Å²) in [5.74, 6) is 0.0151. The highest BCUT2D eigenvalue weighted by atomic mass is 16.1. The summed E-state index contributed by atoms with van der Waals surface area (Å²) in [6.45, 7) is 2.02. The summed E-state index contributed by atoms with van der Waals surface area (Å²) in [7, 11) is 0. The Morgan fingerprint density at radius 3 is 2.57 bits per heavy atom. The van der Waals surface area contributed by atoms with Crippen LogP contribution in [0.1, 0.15) is 17.5 Å². The van der Waals surface area contributed by atoms with Crippen LogP contribution in [0.3, 0.4) is 0 Å². The van der Waals surface area contributed by atoms with Gasteiger partial charge in [0.1, 0.15) is 0 Å². The van der Waals surface area contributed by atoms with Crippen molar-refractivity contribution in [2.24, 2.45) is 0 Å². The monoisotopic (exact) mass is 305 g/mol. The molecule has 116 valence electrons. The lowest BCUT2D eigenvalue weighted by molar-refractivity contribution is -0.116. The maximum atomic E-state index is 12.0. The minimum atomic E-state index is 0.0151. The first-order valence-electron chi connectivity index (χ1n) is 7.66. The molecule has 0 aliphatic rings. The van der Waals surface area contributed by atoms with Gasteiger partial charge in [0.2, 0.25) is 5.91 Å². The summed E-state index contributed by atoms with van der Waals surface area (Å²) in [6.07, 6.45) is 4.89. The van der Waals surface area contributed by atoms with E-state index in [0.29, 0.717) is 12.8 Å². The molecule has 1 amide bonds. The maximum absolute atomic E-state index is 12.0. The summed E-state index contributed by atoms with van der Waals surface area (Å²) in [6, 6.07) is 17.7. The number of amides is 1. The van der Waals surface area contributed by atoms with Crippen LogP contribution in [0.5, 0.6) is 0 Å². The quantitative estimate of drug-likeness (QED) is 0.780. The summed E-state index contributed by atoms with van der Waals surface area (Å²) in [4.78, 5) is 12.0. The van der Waals surface area contributed by atoms with E-state index in [-0.39, 0.29) is 5.91 Å². The SMILES string of the molecule is Cc1ccc(NC(=O)CCc2cnn(-c3ccccc3)c2)cc1. The van der Waals surface area contributed by atoms with Crippen LogP contribution < -0.4 is 5.32 Å². The largest absolute Gasteiger partial charge is 0.326 e. The Bertz CT molecular complexity index is 776. The van der Waals surface area contributed by atoms with Crippen molar-refractivity contribution in [2.75, 3.05) is 5.32 Å². The smallest absolute Gasteiger partial charge is 0.224 e. The molecule has 0 spiro atoms. The van der Waals surface area contributed by atoms with Crippen LogP contribution in [-0.4, -0.2) is 15.7 Å². The summed E-state index contributed by atoms with van der Waals surface area (Å²) < 4.78 is 1.83. The van der Waals surface area contributed by atoms with E-state index in [1.54, 1.807) is 0 Å². The number of benzene rings is 2. The molecule has 3 rings (SSSR count). The zero-order chi connectivity index (χ0) is 16.1. The van der Waals surface area contributed by atoms with E-state index in [9.17, 15) is 4.79 Å². The number of nitrogens with zero attached hydrogens (tertiary/aromatic N) is 2. The molecule has 2 aromatic carbocycles. The second-order valence-electron chi connectivity index (χ2n) is 5.54. The fourth-order valence-electron chi connectivity index (χ4n) is 2.33. The van der Waals surface area contributed by atoms with Crippen molar-refractivity contribution in [1.29, 1.82) is 0 Å². The van der Waals surface area contributed by atoms with E-state index in [1.165, 1.54) is 5.56 Å². The van der Waals surface area contributed by atoms with Gasteiger partial charge in [0.05, 0.1) is 11.9 Å². The van der Waals surface area contributed by atoms with Gasteiger partial charge in [0, 0.05) is 18.3 Å². The Balaban J connectivity index is 1.55. The molecule has 0 bridgehead atoms. The van der Waals surface area contributed by atoms with Crippen LogP contribution in [0.25, 0.3) is 5.69 Å². The van der Waals surface area contributed by atoms with Gasteiger partial charge in [-0.1, -0.05) is 35.9 Å². The normalized spacial score (nSPS) is 10.5. The Labute approximate surface area is 135 Å². The highest BCUT2D eigenvalue weighted by molar-refractivity contribution is 5.90. The number of hydrogen-bond donors (Lipinski definition) is 1. The Kier molecular flexibility index (Phi) is 4.52. The van der Waals surface area contributed by atoms with Gasteiger partial charge >= 0.3 is 0 Å². The Hall–Kier alpha value is -2.88. The van der Waals surface area contributed by atoms with Crippen molar-refractivity contribution in [3.05, 3.63) is 78.1 Å². The van der Waals surface area contributed by atoms with E-state index in [1.807, 2.05) is 78.6 Å². The molecular weight excluding hydrogens is 286 g/mol. The molecule has 3 aromatic rings. The minimum absolute atomic E-state index is 0.0151. The van der Waals surface area contributed by atoms with Gasteiger partial charge in [-0.25, -0.2) is 4.68 Å². The molecule has 0 unspecified atom stereocenters. The van der Waals surface area contributed by atoms with Gasteiger partial charge in [-0.3, -0.25) is 4.79 Å². The highest BCUT2D eigenvalue weighted by Gasteiger charge is 2.05. The van der Waals surface area contributed by atoms with Crippen molar-refractivity contribution in [3.63, 3.8) is 0 Å². The molecule has 1 heterocycles. The van der Waals surface area contributed by atoms with Gasteiger partial charge in [-0.15, -0.1) is 0 Å². The van der Waals surface area contributed by atoms with E-state index >= 15 is 0 Å². The molecule has 4 nitrogen and oxygen atoms in total. The number of para-hydroxylation sites is 1. The van der Waals surface area contributed by atoms with Crippen LogP contribution in [0.4, 0.5) is 5.69 Å². The van der Waals surface area contributed by atoms with Gasteiger partial charge < -0.3 is 5.32 Å². The molecule has 0 aliphatic heterocycles. The molecule has 1 N–H and O–H groups in total. The molecular formula is C19H19N3O. The number of anilines is 1. The van der Waals surface area contributed by atoms with Crippen LogP contribution >= 0.6 is 0 Å². The van der Waals surface area contributed by atoms with Gasteiger partial charge in [0.15, 0.2) is 0 Å². The van der Waals surface area contributed by atoms with Crippen molar-refractivity contribution in [2.45, 2.75) is 19.8 Å². The first kappa shape index (κ1) is 15.0. The highest BCUT2D eigenvalue weighted by Crippen LogP contribution is 2.11. The van der Waals surface area contributed by atoms with Crippen LogP contribution in [0, 0.1) is 6.92 Å². The molecule has 4 heteroatoms. The van der Waals surface area contributed by atoms with Gasteiger partial charge in [-0.2, -0.15) is 5.10 Å². The van der Waals surface area contributed by atoms with E-state index in [2.05, 4.69) is 10.4 Å². The molecule has 0 fully saturated rings. The standard InChI is InChI=1S/C19H19N3O/c1-15-7-10-17(11-8-15)21-19(23)12-9-16-13-20-22(14-16)18-5-3-2-4-6-18/h2-8,10-11,13-14H,9,12H2,1H3,(H,21,23). The number of carbonyl (C=O) groups excluding carboxylic acids is 1. The summed E-state index contributed by atoms with van der Waals surface area (Å²) in [5, 5.41) is 7.25. The fourth-order valence-corrected chi connectivity index (χ4v) is 2.33. The lowest BCUT2D eigenvalue weighted by Crippen LogP contribution is -2.12. The summed E-state index contributed by atoms with van der Waals surface area (Å²) in [5.41, 5.74) is 4.08. The fraction of sp³-hybridized carbons (Fsp3) is 0.158. The van der Waals surface area contributed by atoms with Gasteiger partial charge in [-0.05, 0) is 43.2 Å². The third kappa shape index (κ3) is 4.07. The van der Waals surface area contributed by atoms with Crippen LogP contribution in [-0.2, 0) is 11.2 Å². The second-order valence-corrected chi connectivity index (χ2v) is 5.54. The van der Waals surface area contributed by atoms with Crippen molar-refractivity contribution in [1.82, 2.24) is 9.78 Å². The van der Waals surface area contributed by atoms with Crippen LogP contribution in [0.15, 0.2) is 67.0 Å². The lowest BCUT2D eigenvalue weighted by atomic mass is 10.2. The number of nitrogens with one attached hydrogen (secondary N) is 1. The second kappa shape index (κ2) is 6.92. The maximum Gasteiger partial charge on any atom is 0.224 e. The minimum Gasteiger partial charge on any atom is -0.326 e. The van der Waals surface area contributed by atoms with Crippen LogP contribution in [0.2, 0.25) is 0 Å². The number of rotatable bonds is 5. The predicted molar refractivity (Wildman–Crippen MR) is 91.7 cm³/mol. The van der Waals surface area contributed by atoms with Crippen molar-refractivity contribution >= 4 is 11.6 Å². The van der Waals surface area contributed by atoms with E-state index in [4.69, 9.17) is 0 Å². The molecule has 23 heavy (non-hydrogen) atoms. The summed E-state index contributed by atoms with van der Waals surface area (Å²) >= 11 is 0. The average Bonchev–Trinajstić information content (AvgIpc) is 3.05. The molecule has 0 saturated heterocycles. The van der Waals surface area contributed by atoms with E-state index < -0.39 is 0 Å². The molecule has 0 radical (unpaired) electrons. The average molecular weight is 305 g/mol. The van der Waals surface area contributed by atoms with E-state index in [0.717, 1.165) is 16.9 Å². The predicted octanol–water partition coefficient (Wildman–Crippen LogP) is 3.75.